The van der Waals surface area contributed by atoms with Crippen molar-refractivity contribution in [3.8, 4) is 0 Å². The number of benzene rings is 1. The number of carbonyl (C=O) groups is 1. The lowest BCUT2D eigenvalue weighted by molar-refractivity contribution is 0.0989. The molecule has 6 heteroatoms. The molecule has 3 nitrogen and oxygen atoms in total. The second kappa shape index (κ2) is 4.81. The lowest BCUT2D eigenvalue weighted by Gasteiger charge is -2.14. The Morgan fingerprint density at radius 2 is 2.29 bits per heavy atom. The summed E-state index contributed by atoms with van der Waals surface area (Å²) in [5, 5.41) is 2.53. The molecule has 17 heavy (non-hydrogen) atoms. The van der Waals surface area contributed by atoms with E-state index in [0.29, 0.717) is 5.13 Å². The van der Waals surface area contributed by atoms with Gasteiger partial charge in [0.05, 0.1) is 5.56 Å². The van der Waals surface area contributed by atoms with E-state index in [4.69, 9.17) is 11.6 Å². The summed E-state index contributed by atoms with van der Waals surface area (Å²) < 4.78 is 13.6. The van der Waals surface area contributed by atoms with E-state index in [9.17, 15) is 9.18 Å². The Hall–Kier alpha value is -1.46. The lowest BCUT2D eigenvalue weighted by Crippen LogP contribution is -2.26. The highest BCUT2D eigenvalue weighted by atomic mass is 35.5. The van der Waals surface area contributed by atoms with Crippen LogP contribution in [0.5, 0.6) is 0 Å². The van der Waals surface area contributed by atoms with E-state index in [0.717, 1.165) is 6.07 Å². The molecule has 0 aliphatic rings. The molecule has 2 aromatic rings. The maximum absolute atomic E-state index is 13.6. The molecule has 0 saturated heterocycles. The first-order valence-corrected chi connectivity index (χ1v) is 5.98. The molecule has 0 atom stereocenters. The van der Waals surface area contributed by atoms with Gasteiger partial charge in [-0.3, -0.25) is 9.69 Å². The fourth-order valence-electron chi connectivity index (χ4n) is 1.31. The number of amides is 1. The van der Waals surface area contributed by atoms with E-state index < -0.39 is 11.7 Å². The Bertz CT molecular complexity index is 544. The van der Waals surface area contributed by atoms with Gasteiger partial charge < -0.3 is 0 Å². The zero-order valence-electron chi connectivity index (χ0n) is 8.85. The summed E-state index contributed by atoms with van der Waals surface area (Å²) in [5.74, 6) is -1.08. The Labute approximate surface area is 106 Å². The van der Waals surface area contributed by atoms with E-state index in [1.807, 2.05) is 0 Å². The first kappa shape index (κ1) is 12.0. The number of hydrogen-bond donors (Lipinski definition) is 0. The topological polar surface area (TPSA) is 33.2 Å². The molecule has 88 valence electrons. The summed E-state index contributed by atoms with van der Waals surface area (Å²) in [6.45, 7) is 0. The standard InChI is InChI=1S/C11H8ClFN2OS/c1-15(11-14-4-5-17-11)10(16)8-3-2-7(12)6-9(8)13/h2-6H,1H3. The van der Waals surface area contributed by atoms with Crippen molar-refractivity contribution in [3.05, 3.63) is 46.2 Å². The van der Waals surface area contributed by atoms with Crippen molar-refractivity contribution in [1.29, 1.82) is 0 Å². The predicted molar refractivity (Wildman–Crippen MR) is 66.3 cm³/mol. The van der Waals surface area contributed by atoms with Crippen LogP contribution in [0.1, 0.15) is 10.4 Å². The fourth-order valence-corrected chi connectivity index (χ4v) is 2.08. The Morgan fingerprint density at radius 3 is 2.88 bits per heavy atom. The van der Waals surface area contributed by atoms with Crippen molar-refractivity contribution in [2.45, 2.75) is 0 Å². The smallest absolute Gasteiger partial charge is 0.262 e. The van der Waals surface area contributed by atoms with Gasteiger partial charge in [-0.25, -0.2) is 9.37 Å². The van der Waals surface area contributed by atoms with Gasteiger partial charge in [0.15, 0.2) is 5.13 Å². The van der Waals surface area contributed by atoms with E-state index in [-0.39, 0.29) is 10.6 Å². The Balaban J connectivity index is 2.31. The number of carbonyl (C=O) groups excluding carboxylic acids is 1. The molecule has 1 amide bonds. The number of thiazole rings is 1. The molecule has 0 N–H and O–H groups in total. The van der Waals surface area contributed by atoms with Gasteiger partial charge in [0.25, 0.3) is 5.91 Å². The molecule has 1 heterocycles. The van der Waals surface area contributed by atoms with Crippen molar-refractivity contribution in [2.24, 2.45) is 0 Å². The zero-order chi connectivity index (χ0) is 12.4. The van der Waals surface area contributed by atoms with Crippen LogP contribution in [0.3, 0.4) is 0 Å². The van der Waals surface area contributed by atoms with Gasteiger partial charge in [-0.15, -0.1) is 11.3 Å². The highest BCUT2D eigenvalue weighted by molar-refractivity contribution is 7.13. The maximum Gasteiger partial charge on any atom is 0.262 e. The average molecular weight is 271 g/mol. The Kier molecular flexibility index (Phi) is 3.40. The van der Waals surface area contributed by atoms with Gasteiger partial charge in [-0.1, -0.05) is 11.6 Å². The van der Waals surface area contributed by atoms with E-state index in [1.165, 1.54) is 28.4 Å². The lowest BCUT2D eigenvalue weighted by atomic mass is 10.2. The van der Waals surface area contributed by atoms with E-state index in [1.54, 1.807) is 18.6 Å². The average Bonchev–Trinajstić information content (AvgIpc) is 2.80. The molecular formula is C11H8ClFN2OS. The molecule has 0 aliphatic heterocycles. The fraction of sp³-hybridized carbons (Fsp3) is 0.0909. The summed E-state index contributed by atoms with van der Waals surface area (Å²) in [7, 11) is 1.55. The summed E-state index contributed by atoms with van der Waals surface area (Å²) in [6, 6.07) is 3.96. The first-order chi connectivity index (χ1) is 8.09. The number of hydrogen-bond acceptors (Lipinski definition) is 3. The monoisotopic (exact) mass is 270 g/mol. The molecule has 1 aromatic carbocycles. The first-order valence-electron chi connectivity index (χ1n) is 4.72. The van der Waals surface area contributed by atoms with Crippen LogP contribution in [-0.4, -0.2) is 17.9 Å². The largest absolute Gasteiger partial charge is 0.287 e. The van der Waals surface area contributed by atoms with Crippen LogP contribution in [0, 0.1) is 5.82 Å². The minimum atomic E-state index is -0.633. The van der Waals surface area contributed by atoms with Crippen molar-refractivity contribution in [1.82, 2.24) is 4.98 Å². The molecule has 0 radical (unpaired) electrons. The Morgan fingerprint density at radius 1 is 1.53 bits per heavy atom. The van der Waals surface area contributed by atoms with Gasteiger partial charge in [-0.05, 0) is 18.2 Å². The van der Waals surface area contributed by atoms with E-state index in [2.05, 4.69) is 4.98 Å². The van der Waals surface area contributed by atoms with Crippen LogP contribution in [-0.2, 0) is 0 Å². The van der Waals surface area contributed by atoms with Gasteiger partial charge in [0.1, 0.15) is 5.82 Å². The number of anilines is 1. The molecule has 2 rings (SSSR count). The number of nitrogens with zero attached hydrogens (tertiary/aromatic N) is 2. The van der Waals surface area contributed by atoms with Crippen molar-refractivity contribution < 1.29 is 9.18 Å². The summed E-state index contributed by atoms with van der Waals surface area (Å²) >= 11 is 6.93. The molecule has 1 aromatic heterocycles. The predicted octanol–water partition coefficient (Wildman–Crippen LogP) is 3.21. The van der Waals surface area contributed by atoms with Crippen LogP contribution < -0.4 is 4.90 Å². The summed E-state index contributed by atoms with van der Waals surface area (Å²) in [6.07, 6.45) is 1.59. The second-order valence-corrected chi connectivity index (χ2v) is 4.61. The number of rotatable bonds is 2. The third-order valence-corrected chi connectivity index (χ3v) is 3.26. The second-order valence-electron chi connectivity index (χ2n) is 3.30. The minimum Gasteiger partial charge on any atom is -0.287 e. The van der Waals surface area contributed by atoms with Gasteiger partial charge in [-0.2, -0.15) is 0 Å². The molecule has 0 bridgehead atoms. The van der Waals surface area contributed by atoms with Crippen LogP contribution in [0.4, 0.5) is 9.52 Å². The number of halogens is 2. The van der Waals surface area contributed by atoms with Crippen LogP contribution in [0.25, 0.3) is 0 Å². The quantitative estimate of drug-likeness (QED) is 0.839. The minimum absolute atomic E-state index is 0.0212. The molecule has 0 unspecified atom stereocenters. The highest BCUT2D eigenvalue weighted by Crippen LogP contribution is 2.21. The SMILES string of the molecule is CN(C(=O)c1ccc(Cl)cc1F)c1nccs1. The third-order valence-electron chi connectivity index (χ3n) is 2.17. The molecule has 0 aliphatic carbocycles. The third kappa shape index (κ3) is 2.45. The van der Waals surface area contributed by atoms with Crippen molar-refractivity contribution >= 4 is 34.0 Å². The zero-order valence-corrected chi connectivity index (χ0v) is 10.4. The summed E-state index contributed by atoms with van der Waals surface area (Å²) in [4.78, 5) is 17.3. The molecular weight excluding hydrogens is 263 g/mol. The number of aromatic nitrogens is 1. The van der Waals surface area contributed by atoms with Gasteiger partial charge in [0, 0.05) is 23.6 Å². The van der Waals surface area contributed by atoms with Crippen LogP contribution in [0.2, 0.25) is 5.02 Å². The van der Waals surface area contributed by atoms with Crippen molar-refractivity contribution in [2.75, 3.05) is 11.9 Å². The molecule has 0 saturated carbocycles. The van der Waals surface area contributed by atoms with Crippen LogP contribution in [0.15, 0.2) is 29.8 Å². The van der Waals surface area contributed by atoms with Crippen molar-refractivity contribution in [3.63, 3.8) is 0 Å². The summed E-state index contributed by atoms with van der Waals surface area (Å²) in [5.41, 5.74) is -0.0212. The van der Waals surface area contributed by atoms with Gasteiger partial charge in [0.2, 0.25) is 0 Å². The maximum atomic E-state index is 13.6. The molecule has 0 spiro atoms. The van der Waals surface area contributed by atoms with E-state index >= 15 is 0 Å². The van der Waals surface area contributed by atoms with Crippen LogP contribution >= 0.6 is 22.9 Å². The molecule has 0 fully saturated rings. The normalized spacial score (nSPS) is 10.3. The highest BCUT2D eigenvalue weighted by Gasteiger charge is 2.18. The van der Waals surface area contributed by atoms with Gasteiger partial charge >= 0.3 is 0 Å².